The lowest BCUT2D eigenvalue weighted by molar-refractivity contribution is -0.143. The van der Waals surface area contributed by atoms with Crippen molar-refractivity contribution in [3.05, 3.63) is 55.6 Å². The van der Waals surface area contributed by atoms with E-state index in [1.54, 1.807) is 0 Å². The standard InChI is InChI=1S/C15H12ClF4N3O4S/c1-27-6-7(5-24)28-11-3-10(9(17)2-8(11)16)22-13(25)4-12(15(18,19)20)23(21)14(22)26/h2-5,7H,6,21H2,1H3. The molecule has 1 atom stereocenters. The van der Waals surface area contributed by atoms with E-state index < -0.39 is 39.9 Å². The number of alkyl halides is 3. The van der Waals surface area contributed by atoms with Crippen LogP contribution >= 0.6 is 23.4 Å². The molecule has 13 heteroatoms. The Bertz CT molecular complexity index is 1020. The number of methoxy groups -OCH3 is 1. The highest BCUT2D eigenvalue weighted by Crippen LogP contribution is 2.33. The first-order chi connectivity index (χ1) is 13.0. The number of carbonyl (C=O) groups is 1. The minimum absolute atomic E-state index is 0.00691. The van der Waals surface area contributed by atoms with Gasteiger partial charge in [0.15, 0.2) is 5.69 Å². The number of benzene rings is 1. The molecular weight excluding hydrogens is 430 g/mol. The first-order valence-electron chi connectivity index (χ1n) is 7.33. The average molecular weight is 442 g/mol. The third-order valence-corrected chi connectivity index (χ3v) is 5.00. The van der Waals surface area contributed by atoms with Gasteiger partial charge in [-0.25, -0.2) is 18.4 Å². The number of thioether (sulfide) groups is 1. The van der Waals surface area contributed by atoms with Gasteiger partial charge in [-0.05, 0) is 12.1 Å². The molecule has 2 rings (SSSR count). The van der Waals surface area contributed by atoms with E-state index in [0.717, 1.165) is 23.9 Å². The molecule has 1 unspecified atom stereocenters. The van der Waals surface area contributed by atoms with E-state index in [1.165, 1.54) is 7.11 Å². The van der Waals surface area contributed by atoms with Crippen LogP contribution in [0.5, 0.6) is 0 Å². The first-order valence-corrected chi connectivity index (χ1v) is 8.58. The topological polar surface area (TPSA) is 96.3 Å². The summed E-state index contributed by atoms with van der Waals surface area (Å²) in [5.74, 6) is 3.99. The molecule has 0 aliphatic rings. The number of aldehydes is 1. The number of aromatic nitrogens is 2. The fourth-order valence-corrected chi connectivity index (χ4v) is 3.43. The van der Waals surface area contributed by atoms with Crippen molar-refractivity contribution >= 4 is 29.6 Å². The zero-order valence-electron chi connectivity index (χ0n) is 14.0. The van der Waals surface area contributed by atoms with Gasteiger partial charge in [0.2, 0.25) is 0 Å². The van der Waals surface area contributed by atoms with Crippen molar-refractivity contribution in [3.8, 4) is 5.69 Å². The minimum Gasteiger partial charge on any atom is -0.383 e. The highest BCUT2D eigenvalue weighted by molar-refractivity contribution is 8.00. The maximum absolute atomic E-state index is 14.4. The fraction of sp³-hybridized carbons (Fsp3) is 0.267. The van der Waals surface area contributed by atoms with Crippen LogP contribution in [0.15, 0.2) is 32.7 Å². The van der Waals surface area contributed by atoms with Gasteiger partial charge >= 0.3 is 11.9 Å². The number of hydrogen-bond donors (Lipinski definition) is 1. The minimum atomic E-state index is -5.07. The molecule has 28 heavy (non-hydrogen) atoms. The molecule has 1 aromatic carbocycles. The summed E-state index contributed by atoms with van der Waals surface area (Å²) in [6, 6.07) is 1.80. The van der Waals surface area contributed by atoms with Crippen molar-refractivity contribution in [2.75, 3.05) is 19.6 Å². The maximum Gasteiger partial charge on any atom is 0.433 e. The van der Waals surface area contributed by atoms with Crippen molar-refractivity contribution < 1.29 is 27.1 Å². The second-order valence-corrected chi connectivity index (χ2v) is 7.02. The Balaban J connectivity index is 2.68. The van der Waals surface area contributed by atoms with E-state index in [-0.39, 0.29) is 31.8 Å². The molecule has 0 saturated carbocycles. The largest absolute Gasteiger partial charge is 0.433 e. The van der Waals surface area contributed by atoms with E-state index in [1.807, 2.05) is 0 Å². The molecule has 1 heterocycles. The number of nitrogens with zero attached hydrogens (tertiary/aromatic N) is 2. The monoisotopic (exact) mass is 441 g/mol. The van der Waals surface area contributed by atoms with Gasteiger partial charge in [-0.2, -0.15) is 13.2 Å². The normalized spacial score (nSPS) is 12.8. The molecule has 7 nitrogen and oxygen atoms in total. The molecule has 152 valence electrons. The van der Waals surface area contributed by atoms with Crippen molar-refractivity contribution in [1.82, 2.24) is 9.24 Å². The fourth-order valence-electron chi connectivity index (χ4n) is 2.20. The van der Waals surface area contributed by atoms with E-state index in [2.05, 4.69) is 0 Å². The van der Waals surface area contributed by atoms with Crippen LogP contribution in [0.3, 0.4) is 0 Å². The zero-order chi connectivity index (χ0) is 21.2. The van der Waals surface area contributed by atoms with Crippen LogP contribution in [0, 0.1) is 5.82 Å². The Morgan fingerprint density at radius 2 is 1.96 bits per heavy atom. The molecule has 0 bridgehead atoms. The summed E-state index contributed by atoms with van der Waals surface area (Å²) in [4.78, 5) is 35.5. The predicted molar refractivity (Wildman–Crippen MR) is 94.0 cm³/mol. The van der Waals surface area contributed by atoms with E-state index in [9.17, 15) is 31.9 Å². The number of carbonyl (C=O) groups excluding carboxylic acids is 1. The molecule has 1 aromatic heterocycles. The van der Waals surface area contributed by atoms with Gasteiger partial charge < -0.3 is 15.4 Å². The molecule has 0 saturated heterocycles. The lowest BCUT2D eigenvalue weighted by Gasteiger charge is -2.15. The second kappa shape index (κ2) is 8.37. The summed E-state index contributed by atoms with van der Waals surface area (Å²) >= 11 is 6.78. The van der Waals surface area contributed by atoms with Gasteiger partial charge in [0, 0.05) is 18.1 Å². The lowest BCUT2D eigenvalue weighted by Crippen LogP contribution is -2.45. The van der Waals surface area contributed by atoms with Gasteiger partial charge in [-0.3, -0.25) is 4.79 Å². The Morgan fingerprint density at radius 3 is 2.50 bits per heavy atom. The zero-order valence-corrected chi connectivity index (χ0v) is 15.6. The third-order valence-electron chi connectivity index (χ3n) is 3.43. The Morgan fingerprint density at radius 1 is 1.32 bits per heavy atom. The van der Waals surface area contributed by atoms with Crippen LogP contribution in [0.4, 0.5) is 17.6 Å². The Hall–Kier alpha value is -2.31. The van der Waals surface area contributed by atoms with Crippen LogP contribution < -0.4 is 17.1 Å². The molecule has 0 aliphatic carbocycles. The van der Waals surface area contributed by atoms with Crippen LogP contribution in [0.1, 0.15) is 5.69 Å². The number of hydrogen-bond acceptors (Lipinski definition) is 6. The van der Waals surface area contributed by atoms with Gasteiger partial charge in [0.1, 0.15) is 12.1 Å². The number of rotatable bonds is 6. The summed E-state index contributed by atoms with van der Waals surface area (Å²) in [5.41, 5.74) is -5.42. The van der Waals surface area contributed by atoms with Crippen LogP contribution in [-0.4, -0.2) is 34.5 Å². The lowest BCUT2D eigenvalue weighted by atomic mass is 10.3. The first kappa shape index (κ1) is 22.0. The molecular formula is C15H12ClF4N3O4S. The van der Waals surface area contributed by atoms with Crippen LogP contribution in [-0.2, 0) is 15.7 Å². The summed E-state index contributed by atoms with van der Waals surface area (Å²) in [6.45, 7) is -0.00691. The third kappa shape index (κ3) is 4.39. The average Bonchev–Trinajstić information content (AvgIpc) is 2.60. The van der Waals surface area contributed by atoms with Gasteiger partial charge in [-0.15, -0.1) is 11.8 Å². The summed E-state index contributed by atoms with van der Waals surface area (Å²) in [7, 11) is 1.35. The van der Waals surface area contributed by atoms with Crippen molar-refractivity contribution in [3.63, 3.8) is 0 Å². The SMILES string of the molecule is COCC(C=O)Sc1cc(-n2c(=O)cc(C(F)(F)F)n(N)c2=O)c(F)cc1Cl. The van der Waals surface area contributed by atoms with E-state index in [4.69, 9.17) is 22.2 Å². The van der Waals surface area contributed by atoms with Crippen LogP contribution in [0.2, 0.25) is 5.02 Å². The Kier molecular flexibility index (Phi) is 6.57. The molecule has 2 aromatic rings. The van der Waals surface area contributed by atoms with Gasteiger partial charge in [-0.1, -0.05) is 11.6 Å². The second-order valence-electron chi connectivity index (χ2n) is 5.34. The van der Waals surface area contributed by atoms with Crippen molar-refractivity contribution in [2.24, 2.45) is 0 Å². The number of nitrogen functional groups attached to an aromatic ring is 1. The number of nitrogens with two attached hydrogens (primary N) is 1. The highest BCUT2D eigenvalue weighted by Gasteiger charge is 2.36. The van der Waals surface area contributed by atoms with E-state index >= 15 is 0 Å². The smallest absolute Gasteiger partial charge is 0.383 e. The highest BCUT2D eigenvalue weighted by atomic mass is 35.5. The number of halogens is 5. The van der Waals surface area contributed by atoms with Crippen molar-refractivity contribution in [1.29, 1.82) is 0 Å². The molecule has 0 fully saturated rings. The number of ether oxygens (including phenoxy) is 1. The van der Waals surface area contributed by atoms with Crippen molar-refractivity contribution in [2.45, 2.75) is 16.3 Å². The quantitative estimate of drug-likeness (QED) is 0.318. The Labute approximate surface area is 163 Å². The molecule has 0 spiro atoms. The van der Waals surface area contributed by atoms with Crippen LogP contribution in [0.25, 0.3) is 5.69 Å². The summed E-state index contributed by atoms with van der Waals surface area (Å²) < 4.78 is 57.6. The summed E-state index contributed by atoms with van der Waals surface area (Å²) in [5, 5.41) is -0.876. The molecule has 0 amide bonds. The predicted octanol–water partition coefficient (Wildman–Crippen LogP) is 1.83. The van der Waals surface area contributed by atoms with Gasteiger partial charge in [0.25, 0.3) is 5.56 Å². The van der Waals surface area contributed by atoms with Gasteiger partial charge in [0.05, 0.1) is 22.6 Å². The maximum atomic E-state index is 14.4. The van der Waals surface area contributed by atoms with E-state index in [0.29, 0.717) is 6.29 Å². The summed E-state index contributed by atoms with van der Waals surface area (Å²) in [6.07, 6.45) is -4.52. The molecule has 0 aliphatic heterocycles. The molecule has 2 N–H and O–H groups in total. The molecule has 0 radical (unpaired) electrons.